The van der Waals surface area contributed by atoms with Gasteiger partial charge in [-0.2, -0.15) is 0 Å². The molecule has 0 aliphatic heterocycles. The monoisotopic (exact) mass is 149 g/mol. The fraction of sp³-hybridized carbons (Fsp3) is 1.00. The van der Waals surface area contributed by atoms with E-state index < -0.39 is 15.5 Å². The molecular weight excluding hydrogens is 134 g/mol. The minimum Gasteiger partial charge on any atom is -0.424 e. The molecule has 0 aliphatic carbocycles. The summed E-state index contributed by atoms with van der Waals surface area (Å²) in [7, 11) is -0.568. The highest BCUT2D eigenvalue weighted by atomic mass is 28.2. The summed E-state index contributed by atoms with van der Waals surface area (Å²) in [6.45, 7) is 2.68. The summed E-state index contributed by atoms with van der Waals surface area (Å²) in [6, 6.07) is 0.626. The Morgan fingerprint density at radius 3 is 2.33 bits per heavy atom. The molecule has 0 atom stereocenters. The molecule has 0 heterocycles. The molecule has 0 amide bonds. The van der Waals surface area contributed by atoms with Crippen LogP contribution >= 0.6 is 0 Å². The zero-order valence-electron chi connectivity index (χ0n) is 5.76. The molecule has 0 aromatic heterocycles. The van der Waals surface area contributed by atoms with Crippen LogP contribution in [0.4, 0.5) is 0 Å². The predicted molar refractivity (Wildman–Crippen MR) is 40.3 cm³/mol. The van der Waals surface area contributed by atoms with E-state index in [9.17, 15) is 0 Å². The van der Waals surface area contributed by atoms with Crippen LogP contribution in [-0.4, -0.2) is 22.2 Å². The van der Waals surface area contributed by atoms with E-state index in [1.807, 2.05) is 6.92 Å². The number of rotatable bonds is 4. The predicted octanol–water partition coefficient (Wildman–Crippen LogP) is -1.95. The number of hydrogen-bond acceptors (Lipinski definition) is 4. The first kappa shape index (κ1) is 9.06. The molecule has 0 fully saturated rings. The van der Waals surface area contributed by atoms with Crippen molar-refractivity contribution in [3.8, 4) is 0 Å². The molecule has 56 valence electrons. The fourth-order valence-electron chi connectivity index (χ4n) is 0.393. The lowest BCUT2D eigenvalue weighted by Crippen LogP contribution is -2.58. The third-order valence-corrected chi connectivity index (χ3v) is 2.65. The van der Waals surface area contributed by atoms with Crippen LogP contribution in [0, 0.1) is 0 Å². The Balaban J connectivity index is 3.07. The van der Waals surface area contributed by atoms with Gasteiger partial charge in [-0.1, -0.05) is 0 Å². The van der Waals surface area contributed by atoms with Crippen molar-refractivity contribution in [3.05, 3.63) is 0 Å². The minimum absolute atomic E-state index is 0.568. The molecule has 0 aliphatic rings. The van der Waals surface area contributed by atoms with Crippen molar-refractivity contribution in [2.45, 2.75) is 18.8 Å². The van der Waals surface area contributed by atoms with Crippen molar-refractivity contribution >= 4 is 9.76 Å². The lowest BCUT2D eigenvalue weighted by atomic mass is 10.5. The van der Waals surface area contributed by atoms with Gasteiger partial charge in [0.1, 0.15) is 5.79 Å². The van der Waals surface area contributed by atoms with Crippen LogP contribution < -0.4 is 17.2 Å². The third-order valence-electron chi connectivity index (χ3n) is 0.884. The van der Waals surface area contributed by atoms with E-state index in [4.69, 9.17) is 21.6 Å². The van der Waals surface area contributed by atoms with Crippen molar-refractivity contribution in [1.29, 1.82) is 0 Å². The van der Waals surface area contributed by atoms with Crippen molar-refractivity contribution in [2.75, 3.05) is 6.61 Å². The Morgan fingerprint density at radius 1 is 1.44 bits per heavy atom. The van der Waals surface area contributed by atoms with Crippen LogP contribution in [0.2, 0.25) is 6.04 Å². The Bertz CT molecular complexity index is 72.7. The Morgan fingerprint density at radius 2 is 2.00 bits per heavy atom. The van der Waals surface area contributed by atoms with E-state index in [0.29, 0.717) is 6.04 Å². The Kier molecular flexibility index (Phi) is 3.99. The van der Waals surface area contributed by atoms with Gasteiger partial charge in [0.05, 0.1) is 0 Å². The van der Waals surface area contributed by atoms with Gasteiger partial charge in [-0.15, -0.1) is 0 Å². The first-order valence-electron chi connectivity index (χ1n) is 3.00. The average Bonchev–Trinajstić information content (AvgIpc) is 1.63. The highest BCUT2D eigenvalue weighted by Gasteiger charge is 2.10. The SMILES string of the molecule is CCO[SiH2]CC(N)(N)N. The van der Waals surface area contributed by atoms with Gasteiger partial charge in [0.25, 0.3) is 0 Å². The molecule has 0 spiro atoms. The molecule has 0 bridgehead atoms. The van der Waals surface area contributed by atoms with Crippen LogP contribution in [-0.2, 0) is 4.43 Å². The lowest BCUT2D eigenvalue weighted by molar-refractivity contribution is 0.349. The Labute approximate surface area is 57.7 Å². The molecule has 0 rings (SSSR count). The maximum Gasteiger partial charge on any atom is 0.166 e. The van der Waals surface area contributed by atoms with E-state index in [0.717, 1.165) is 6.61 Å². The molecular formula is C4H15N3OSi. The maximum atomic E-state index is 5.29. The molecule has 0 aromatic rings. The van der Waals surface area contributed by atoms with Crippen LogP contribution in [0.1, 0.15) is 6.92 Å². The van der Waals surface area contributed by atoms with Crippen LogP contribution in [0.25, 0.3) is 0 Å². The van der Waals surface area contributed by atoms with Crippen LogP contribution in [0.3, 0.4) is 0 Å². The van der Waals surface area contributed by atoms with E-state index >= 15 is 0 Å². The third kappa shape index (κ3) is 8.06. The van der Waals surface area contributed by atoms with E-state index in [1.54, 1.807) is 0 Å². The summed E-state index contributed by atoms with van der Waals surface area (Å²) in [6.07, 6.45) is 0. The fourth-order valence-corrected chi connectivity index (χ4v) is 1.18. The van der Waals surface area contributed by atoms with Gasteiger partial charge < -0.3 is 21.6 Å². The largest absolute Gasteiger partial charge is 0.424 e. The van der Waals surface area contributed by atoms with Crippen molar-refractivity contribution in [3.63, 3.8) is 0 Å². The molecule has 9 heavy (non-hydrogen) atoms. The molecule has 6 N–H and O–H groups in total. The van der Waals surface area contributed by atoms with Gasteiger partial charge in [-0.3, -0.25) is 0 Å². The number of nitrogens with two attached hydrogens (primary N) is 3. The minimum atomic E-state index is -1.01. The topological polar surface area (TPSA) is 87.3 Å². The van der Waals surface area contributed by atoms with Crippen LogP contribution in [0.15, 0.2) is 0 Å². The van der Waals surface area contributed by atoms with Gasteiger partial charge in [0, 0.05) is 12.7 Å². The zero-order valence-corrected chi connectivity index (χ0v) is 7.18. The Hall–Kier alpha value is 0.0569. The van der Waals surface area contributed by atoms with E-state index in [-0.39, 0.29) is 0 Å². The lowest BCUT2D eigenvalue weighted by Gasteiger charge is -2.16. The summed E-state index contributed by atoms with van der Waals surface area (Å²) in [5, 5.41) is 0. The summed E-state index contributed by atoms with van der Waals surface area (Å²) < 4.78 is 5.11. The first-order chi connectivity index (χ1) is 4.06. The van der Waals surface area contributed by atoms with Gasteiger partial charge in [-0.25, -0.2) is 0 Å². The maximum absolute atomic E-state index is 5.29. The zero-order chi connectivity index (χ0) is 7.33. The molecule has 5 heteroatoms. The molecule has 0 saturated heterocycles. The summed E-state index contributed by atoms with van der Waals surface area (Å²) in [5.74, 6) is -1.01. The molecule has 4 nitrogen and oxygen atoms in total. The van der Waals surface area contributed by atoms with Gasteiger partial charge in [0.15, 0.2) is 9.76 Å². The van der Waals surface area contributed by atoms with Gasteiger partial charge >= 0.3 is 0 Å². The van der Waals surface area contributed by atoms with Gasteiger partial charge in [0.2, 0.25) is 0 Å². The van der Waals surface area contributed by atoms with Crippen LogP contribution in [0.5, 0.6) is 0 Å². The molecule has 0 saturated carbocycles. The summed E-state index contributed by atoms with van der Waals surface area (Å²) in [4.78, 5) is 0. The highest BCUT2D eigenvalue weighted by Crippen LogP contribution is 1.87. The quantitative estimate of drug-likeness (QED) is 0.246. The standard InChI is InChI=1S/C4H15N3OSi/c1-2-8-9-3-4(5,6)7/h2-3,5-7,9H2,1H3. The second-order valence-electron chi connectivity index (χ2n) is 2.06. The van der Waals surface area contributed by atoms with Crippen molar-refractivity contribution in [2.24, 2.45) is 17.2 Å². The average molecular weight is 149 g/mol. The molecule has 0 aromatic carbocycles. The summed E-state index contributed by atoms with van der Waals surface area (Å²) in [5.41, 5.74) is 15.9. The highest BCUT2D eigenvalue weighted by molar-refractivity contribution is 6.27. The molecule has 0 unspecified atom stereocenters. The van der Waals surface area contributed by atoms with Crippen molar-refractivity contribution in [1.82, 2.24) is 0 Å². The van der Waals surface area contributed by atoms with Crippen molar-refractivity contribution < 1.29 is 4.43 Å². The van der Waals surface area contributed by atoms with Gasteiger partial charge in [-0.05, 0) is 6.92 Å². The van der Waals surface area contributed by atoms with E-state index in [1.165, 1.54) is 0 Å². The first-order valence-corrected chi connectivity index (χ1v) is 4.58. The second-order valence-corrected chi connectivity index (χ2v) is 3.38. The summed E-state index contributed by atoms with van der Waals surface area (Å²) >= 11 is 0. The van der Waals surface area contributed by atoms with E-state index in [2.05, 4.69) is 0 Å². The number of hydrogen-bond donors (Lipinski definition) is 3. The smallest absolute Gasteiger partial charge is 0.166 e. The second kappa shape index (κ2) is 3.97. The normalized spacial score (nSPS) is 13.3. The molecule has 0 radical (unpaired) electrons.